The normalized spacial score (nSPS) is 16.5. The van der Waals surface area contributed by atoms with Crippen molar-refractivity contribution in [2.45, 2.75) is 43.5 Å². The maximum Gasteiger partial charge on any atom is 0.243 e. The molecule has 32 heavy (non-hydrogen) atoms. The summed E-state index contributed by atoms with van der Waals surface area (Å²) >= 11 is 0. The molecule has 1 amide bonds. The van der Waals surface area contributed by atoms with Crippen LogP contribution in [0.3, 0.4) is 0 Å². The zero-order valence-electron chi connectivity index (χ0n) is 18.7. The first-order chi connectivity index (χ1) is 15.4. The summed E-state index contributed by atoms with van der Waals surface area (Å²) in [6, 6.07) is 10.7. The van der Waals surface area contributed by atoms with Crippen LogP contribution in [-0.2, 0) is 14.8 Å². The molecule has 2 aromatic carbocycles. The van der Waals surface area contributed by atoms with Crippen LogP contribution in [-0.4, -0.2) is 52.0 Å². The van der Waals surface area contributed by atoms with E-state index < -0.39 is 16.1 Å². The zero-order chi connectivity index (χ0) is 23.1. The van der Waals surface area contributed by atoms with E-state index in [0.29, 0.717) is 36.6 Å². The first-order valence-electron chi connectivity index (χ1n) is 10.7. The van der Waals surface area contributed by atoms with Crippen LogP contribution in [0.5, 0.6) is 17.2 Å². The van der Waals surface area contributed by atoms with Crippen molar-refractivity contribution in [1.29, 1.82) is 0 Å². The number of methoxy groups -OCH3 is 2. The lowest BCUT2D eigenvalue weighted by Gasteiger charge is -2.24. The maximum atomic E-state index is 13.3. The van der Waals surface area contributed by atoms with Crippen molar-refractivity contribution in [3.63, 3.8) is 0 Å². The van der Waals surface area contributed by atoms with Crippen LogP contribution in [0.1, 0.15) is 32.6 Å². The summed E-state index contributed by atoms with van der Waals surface area (Å²) in [4.78, 5) is 13.0. The third-order valence-corrected chi connectivity index (χ3v) is 7.26. The van der Waals surface area contributed by atoms with Gasteiger partial charge in [0, 0.05) is 18.3 Å². The number of carbonyl (C=O) groups excluding carboxylic acids is 1. The standard InChI is InChI=1S/C23H30N2O6S/c1-4-5-15-31-18-10-8-17(9-11-18)24-23(26)20-7-6-14-25(20)32(27,28)19-12-13-21(29-2)22(16-19)30-3/h8-13,16,20H,4-7,14-15H2,1-3H3,(H,24,26). The van der Waals surface area contributed by atoms with Gasteiger partial charge in [-0.15, -0.1) is 0 Å². The second kappa shape index (κ2) is 10.7. The van der Waals surface area contributed by atoms with Gasteiger partial charge in [-0.3, -0.25) is 4.79 Å². The Morgan fingerprint density at radius 2 is 1.81 bits per heavy atom. The van der Waals surface area contributed by atoms with E-state index in [4.69, 9.17) is 14.2 Å². The van der Waals surface area contributed by atoms with Crippen molar-refractivity contribution < 1.29 is 27.4 Å². The van der Waals surface area contributed by atoms with E-state index in [0.717, 1.165) is 18.6 Å². The van der Waals surface area contributed by atoms with E-state index in [2.05, 4.69) is 12.2 Å². The van der Waals surface area contributed by atoms with Crippen molar-refractivity contribution in [2.75, 3.05) is 32.7 Å². The Hall–Kier alpha value is -2.78. The van der Waals surface area contributed by atoms with Gasteiger partial charge in [-0.25, -0.2) is 8.42 Å². The van der Waals surface area contributed by atoms with Crippen LogP contribution in [0.15, 0.2) is 47.4 Å². The van der Waals surface area contributed by atoms with Crippen molar-refractivity contribution in [2.24, 2.45) is 0 Å². The highest BCUT2D eigenvalue weighted by Gasteiger charge is 2.39. The van der Waals surface area contributed by atoms with Crippen molar-refractivity contribution in [1.82, 2.24) is 4.31 Å². The second-order valence-electron chi connectivity index (χ2n) is 7.51. The molecule has 0 bridgehead atoms. The number of hydrogen-bond acceptors (Lipinski definition) is 6. The van der Waals surface area contributed by atoms with E-state index in [1.165, 1.54) is 30.7 Å². The molecular formula is C23H30N2O6S. The molecule has 1 unspecified atom stereocenters. The molecule has 174 valence electrons. The Labute approximate surface area is 189 Å². The molecule has 0 aliphatic carbocycles. The average Bonchev–Trinajstić information content (AvgIpc) is 3.31. The summed E-state index contributed by atoms with van der Waals surface area (Å²) in [6.07, 6.45) is 3.09. The van der Waals surface area contributed by atoms with Gasteiger partial charge < -0.3 is 19.5 Å². The topological polar surface area (TPSA) is 94.2 Å². The fourth-order valence-electron chi connectivity index (χ4n) is 3.60. The number of ether oxygens (including phenoxy) is 3. The molecule has 0 radical (unpaired) electrons. The molecule has 1 atom stereocenters. The van der Waals surface area contributed by atoms with Gasteiger partial charge in [0.2, 0.25) is 15.9 Å². The SMILES string of the molecule is CCCCOc1ccc(NC(=O)C2CCCN2S(=O)(=O)c2ccc(OC)c(OC)c2)cc1. The molecule has 0 spiro atoms. The van der Waals surface area contributed by atoms with Gasteiger partial charge in [0.1, 0.15) is 11.8 Å². The number of hydrogen-bond donors (Lipinski definition) is 1. The molecule has 1 fully saturated rings. The van der Waals surface area contributed by atoms with Crippen LogP contribution >= 0.6 is 0 Å². The Morgan fingerprint density at radius 3 is 2.47 bits per heavy atom. The third-order valence-electron chi connectivity index (χ3n) is 5.36. The van der Waals surface area contributed by atoms with E-state index in [1.54, 1.807) is 30.3 Å². The summed E-state index contributed by atoms with van der Waals surface area (Å²) in [6.45, 7) is 3.02. The molecule has 0 saturated carbocycles. The van der Waals surface area contributed by atoms with E-state index in [9.17, 15) is 13.2 Å². The maximum absolute atomic E-state index is 13.3. The monoisotopic (exact) mass is 462 g/mol. The number of unbranched alkanes of at least 4 members (excludes halogenated alkanes) is 1. The number of amides is 1. The van der Waals surface area contributed by atoms with Gasteiger partial charge in [-0.05, 0) is 55.7 Å². The number of carbonyl (C=O) groups is 1. The molecule has 1 saturated heterocycles. The first-order valence-corrected chi connectivity index (χ1v) is 12.1. The predicted molar refractivity (Wildman–Crippen MR) is 122 cm³/mol. The van der Waals surface area contributed by atoms with Gasteiger partial charge in [0.25, 0.3) is 0 Å². The van der Waals surface area contributed by atoms with Gasteiger partial charge >= 0.3 is 0 Å². The molecule has 9 heteroatoms. The number of benzene rings is 2. The van der Waals surface area contributed by atoms with E-state index in [-0.39, 0.29) is 17.3 Å². The lowest BCUT2D eigenvalue weighted by Crippen LogP contribution is -2.43. The molecule has 3 rings (SSSR count). The van der Waals surface area contributed by atoms with E-state index in [1.807, 2.05) is 0 Å². The zero-order valence-corrected chi connectivity index (χ0v) is 19.5. The smallest absolute Gasteiger partial charge is 0.243 e. The Morgan fingerprint density at radius 1 is 1.09 bits per heavy atom. The molecule has 2 aromatic rings. The summed E-state index contributed by atoms with van der Waals surface area (Å²) in [5.74, 6) is 1.13. The van der Waals surface area contributed by atoms with Crippen LogP contribution in [0.2, 0.25) is 0 Å². The number of anilines is 1. The Balaban J connectivity index is 1.72. The Kier molecular flexibility index (Phi) is 7.98. The van der Waals surface area contributed by atoms with Gasteiger partial charge in [0.05, 0.1) is 25.7 Å². The van der Waals surface area contributed by atoms with Gasteiger partial charge in [-0.1, -0.05) is 13.3 Å². The van der Waals surface area contributed by atoms with Crippen LogP contribution in [0, 0.1) is 0 Å². The van der Waals surface area contributed by atoms with Crippen molar-refractivity contribution in [3.8, 4) is 17.2 Å². The molecule has 0 aromatic heterocycles. The van der Waals surface area contributed by atoms with Gasteiger partial charge in [-0.2, -0.15) is 4.31 Å². The fraction of sp³-hybridized carbons (Fsp3) is 0.435. The summed E-state index contributed by atoms with van der Waals surface area (Å²) in [5, 5.41) is 2.83. The third kappa shape index (κ3) is 5.34. The molecule has 1 aliphatic rings. The minimum atomic E-state index is -3.89. The lowest BCUT2D eigenvalue weighted by atomic mass is 10.2. The van der Waals surface area contributed by atoms with Crippen LogP contribution in [0.25, 0.3) is 0 Å². The number of sulfonamides is 1. The number of rotatable bonds is 10. The molecule has 8 nitrogen and oxygen atoms in total. The quantitative estimate of drug-likeness (QED) is 0.542. The fourth-order valence-corrected chi connectivity index (χ4v) is 5.27. The van der Waals surface area contributed by atoms with E-state index >= 15 is 0 Å². The number of nitrogens with one attached hydrogen (secondary N) is 1. The first kappa shape index (κ1) is 23.9. The number of nitrogens with zero attached hydrogens (tertiary/aromatic N) is 1. The van der Waals surface area contributed by atoms with Crippen molar-refractivity contribution >= 4 is 21.6 Å². The van der Waals surface area contributed by atoms with Gasteiger partial charge in [0.15, 0.2) is 11.5 Å². The largest absolute Gasteiger partial charge is 0.494 e. The second-order valence-corrected chi connectivity index (χ2v) is 9.40. The molecule has 1 heterocycles. The highest BCUT2D eigenvalue weighted by Crippen LogP contribution is 2.33. The lowest BCUT2D eigenvalue weighted by molar-refractivity contribution is -0.119. The summed E-state index contributed by atoms with van der Waals surface area (Å²) in [7, 11) is -0.958. The summed E-state index contributed by atoms with van der Waals surface area (Å²) in [5.41, 5.74) is 0.591. The minimum Gasteiger partial charge on any atom is -0.494 e. The summed E-state index contributed by atoms with van der Waals surface area (Å²) < 4.78 is 43.8. The van der Waals surface area contributed by atoms with Crippen molar-refractivity contribution in [3.05, 3.63) is 42.5 Å². The van der Waals surface area contributed by atoms with Crippen LogP contribution < -0.4 is 19.5 Å². The average molecular weight is 463 g/mol. The molecular weight excluding hydrogens is 432 g/mol. The molecule has 1 aliphatic heterocycles. The van der Waals surface area contributed by atoms with Crippen LogP contribution in [0.4, 0.5) is 5.69 Å². The molecule has 1 N–H and O–H groups in total. The minimum absolute atomic E-state index is 0.0587. The predicted octanol–water partition coefficient (Wildman–Crippen LogP) is 3.67. The highest BCUT2D eigenvalue weighted by atomic mass is 32.2. The highest BCUT2D eigenvalue weighted by molar-refractivity contribution is 7.89. The Bertz CT molecular complexity index is 1020.